The summed E-state index contributed by atoms with van der Waals surface area (Å²) in [6.07, 6.45) is 1.98. The quantitative estimate of drug-likeness (QED) is 0.845. The Morgan fingerprint density at radius 1 is 1.38 bits per heavy atom. The van der Waals surface area contributed by atoms with Gasteiger partial charge in [-0.05, 0) is 31.3 Å². The molecule has 1 aromatic carbocycles. The van der Waals surface area contributed by atoms with Crippen molar-refractivity contribution in [2.24, 2.45) is 7.05 Å². The predicted octanol–water partition coefficient (Wildman–Crippen LogP) is 1.94. The summed E-state index contributed by atoms with van der Waals surface area (Å²) in [6, 6.07) is 5.63. The number of hydrogen-bond acceptors (Lipinski definition) is 4. The largest absolute Gasteiger partial charge is 0.454 e. The van der Waals surface area contributed by atoms with Crippen LogP contribution in [-0.4, -0.2) is 21.7 Å². The first kappa shape index (κ1) is 13.7. The summed E-state index contributed by atoms with van der Waals surface area (Å²) in [7, 11) is 1.90. The molecule has 6 nitrogen and oxygen atoms in total. The molecule has 0 amide bonds. The molecule has 21 heavy (non-hydrogen) atoms. The maximum atomic E-state index is 5.33. The van der Waals surface area contributed by atoms with Gasteiger partial charge in [0, 0.05) is 37.1 Å². The molecular weight excluding hydrogens is 288 g/mol. The Hall–Kier alpha value is -2.28. The average molecular weight is 304 g/mol. The van der Waals surface area contributed by atoms with Crippen molar-refractivity contribution in [3.8, 4) is 11.5 Å². The molecule has 7 heteroatoms. The number of aromatic nitrogens is 2. The van der Waals surface area contributed by atoms with Crippen LogP contribution in [0, 0.1) is 6.92 Å². The van der Waals surface area contributed by atoms with Crippen LogP contribution in [0.1, 0.15) is 11.3 Å². The van der Waals surface area contributed by atoms with Crippen LogP contribution in [-0.2, 0) is 13.6 Å². The molecule has 1 aromatic heterocycles. The number of fused-ring (bicyclic) bond motifs is 1. The van der Waals surface area contributed by atoms with E-state index in [1.807, 2.05) is 38.4 Å². The molecule has 0 unspecified atom stereocenters. The van der Waals surface area contributed by atoms with Crippen molar-refractivity contribution in [1.29, 1.82) is 0 Å². The van der Waals surface area contributed by atoms with E-state index in [1.165, 1.54) is 0 Å². The Bertz CT molecular complexity index is 684. The molecule has 1 aliphatic heterocycles. The van der Waals surface area contributed by atoms with Crippen LogP contribution in [0.2, 0.25) is 0 Å². The lowest BCUT2D eigenvalue weighted by atomic mass is 10.2. The molecule has 0 atom stereocenters. The fourth-order valence-corrected chi connectivity index (χ4v) is 2.34. The van der Waals surface area contributed by atoms with Crippen LogP contribution in [0.5, 0.6) is 11.5 Å². The predicted molar refractivity (Wildman–Crippen MR) is 83.6 cm³/mol. The highest BCUT2D eigenvalue weighted by Gasteiger charge is 2.13. The summed E-state index contributed by atoms with van der Waals surface area (Å²) >= 11 is 5.29. The molecule has 2 aromatic rings. The van der Waals surface area contributed by atoms with E-state index < -0.39 is 0 Å². The van der Waals surface area contributed by atoms with Gasteiger partial charge in [-0.25, -0.2) is 0 Å². The van der Waals surface area contributed by atoms with Crippen LogP contribution in [0.3, 0.4) is 0 Å². The summed E-state index contributed by atoms with van der Waals surface area (Å²) < 4.78 is 12.4. The Kier molecular flexibility index (Phi) is 3.66. The number of nitrogens with one attached hydrogen (secondary N) is 2. The zero-order valence-corrected chi connectivity index (χ0v) is 12.7. The van der Waals surface area contributed by atoms with E-state index >= 15 is 0 Å². The van der Waals surface area contributed by atoms with E-state index in [9.17, 15) is 0 Å². The summed E-state index contributed by atoms with van der Waals surface area (Å²) in [4.78, 5) is 0. The molecule has 0 spiro atoms. The molecule has 1 aliphatic rings. The number of thiocarbonyl (C=S) groups is 1. The van der Waals surface area contributed by atoms with Gasteiger partial charge in [0.05, 0.1) is 5.69 Å². The van der Waals surface area contributed by atoms with Gasteiger partial charge in [-0.3, -0.25) is 4.68 Å². The van der Waals surface area contributed by atoms with Gasteiger partial charge in [-0.2, -0.15) is 5.10 Å². The Morgan fingerprint density at radius 3 is 2.95 bits per heavy atom. The van der Waals surface area contributed by atoms with E-state index in [2.05, 4.69) is 15.7 Å². The molecule has 2 N–H and O–H groups in total. The third kappa shape index (κ3) is 3.08. The molecule has 0 saturated heterocycles. The fraction of sp³-hybridized carbons (Fsp3) is 0.286. The van der Waals surface area contributed by atoms with Crippen molar-refractivity contribution in [2.45, 2.75) is 13.5 Å². The number of ether oxygens (including phenoxy) is 2. The number of aryl methyl sites for hydroxylation is 2. The molecule has 2 heterocycles. The molecule has 0 fully saturated rings. The van der Waals surface area contributed by atoms with E-state index in [4.69, 9.17) is 21.7 Å². The number of nitrogens with zero attached hydrogens (tertiary/aromatic N) is 2. The molecule has 0 radical (unpaired) electrons. The number of anilines is 1. The van der Waals surface area contributed by atoms with Gasteiger partial charge in [0.2, 0.25) is 6.79 Å². The highest BCUT2D eigenvalue weighted by Crippen LogP contribution is 2.34. The van der Waals surface area contributed by atoms with Crippen LogP contribution >= 0.6 is 12.2 Å². The smallest absolute Gasteiger partial charge is 0.231 e. The minimum Gasteiger partial charge on any atom is -0.454 e. The second-order valence-electron chi connectivity index (χ2n) is 4.79. The van der Waals surface area contributed by atoms with Crippen molar-refractivity contribution in [3.63, 3.8) is 0 Å². The standard InChI is InChI=1S/C14H16N4O2S/c1-9-10(7-18(2)17-9)6-15-14(21)16-11-3-4-12-13(5-11)20-8-19-12/h3-5,7H,6,8H2,1-2H3,(H2,15,16,21). The third-order valence-corrected chi connectivity index (χ3v) is 3.43. The van der Waals surface area contributed by atoms with Crippen molar-refractivity contribution in [2.75, 3.05) is 12.1 Å². The van der Waals surface area contributed by atoms with Crippen LogP contribution in [0.15, 0.2) is 24.4 Å². The third-order valence-electron chi connectivity index (χ3n) is 3.18. The number of benzene rings is 1. The first-order valence-corrected chi connectivity index (χ1v) is 6.96. The molecule has 0 aliphatic carbocycles. The minimum atomic E-state index is 0.266. The van der Waals surface area contributed by atoms with E-state index in [-0.39, 0.29) is 6.79 Å². The monoisotopic (exact) mass is 304 g/mol. The van der Waals surface area contributed by atoms with Crippen LogP contribution < -0.4 is 20.1 Å². The van der Waals surface area contributed by atoms with Crippen molar-refractivity contribution in [1.82, 2.24) is 15.1 Å². The summed E-state index contributed by atoms with van der Waals surface area (Å²) in [5, 5.41) is 11.1. The van der Waals surface area contributed by atoms with Gasteiger partial charge in [0.15, 0.2) is 16.6 Å². The Labute approximate surface area is 128 Å². The molecular formula is C14H16N4O2S. The van der Waals surface area contributed by atoms with Crippen LogP contribution in [0.4, 0.5) is 5.69 Å². The van der Waals surface area contributed by atoms with Gasteiger partial charge in [0.25, 0.3) is 0 Å². The zero-order valence-electron chi connectivity index (χ0n) is 11.8. The first-order chi connectivity index (χ1) is 10.1. The van der Waals surface area contributed by atoms with Gasteiger partial charge in [0.1, 0.15) is 0 Å². The summed E-state index contributed by atoms with van der Waals surface area (Å²) in [5.74, 6) is 1.48. The molecule has 3 rings (SSSR count). The SMILES string of the molecule is Cc1nn(C)cc1CNC(=S)Nc1ccc2c(c1)OCO2. The Morgan fingerprint density at radius 2 is 2.19 bits per heavy atom. The second-order valence-corrected chi connectivity index (χ2v) is 5.20. The Balaban J connectivity index is 1.58. The van der Waals surface area contributed by atoms with E-state index in [0.29, 0.717) is 11.7 Å². The lowest BCUT2D eigenvalue weighted by molar-refractivity contribution is 0.174. The normalized spacial score (nSPS) is 12.3. The van der Waals surface area contributed by atoms with Gasteiger partial charge in [-0.1, -0.05) is 0 Å². The summed E-state index contributed by atoms with van der Waals surface area (Å²) in [5.41, 5.74) is 2.97. The summed E-state index contributed by atoms with van der Waals surface area (Å²) in [6.45, 7) is 2.88. The first-order valence-electron chi connectivity index (χ1n) is 6.55. The molecule has 0 bridgehead atoms. The minimum absolute atomic E-state index is 0.266. The molecule has 110 valence electrons. The van der Waals surface area contributed by atoms with Crippen molar-refractivity contribution < 1.29 is 9.47 Å². The van der Waals surface area contributed by atoms with Gasteiger partial charge < -0.3 is 20.1 Å². The highest BCUT2D eigenvalue weighted by molar-refractivity contribution is 7.80. The lowest BCUT2D eigenvalue weighted by Crippen LogP contribution is -2.27. The fourth-order valence-electron chi connectivity index (χ4n) is 2.15. The van der Waals surface area contributed by atoms with Crippen molar-refractivity contribution >= 4 is 23.0 Å². The lowest BCUT2D eigenvalue weighted by Gasteiger charge is -2.10. The molecule has 0 saturated carbocycles. The maximum Gasteiger partial charge on any atom is 0.231 e. The van der Waals surface area contributed by atoms with E-state index in [0.717, 1.165) is 28.4 Å². The van der Waals surface area contributed by atoms with Crippen LogP contribution in [0.25, 0.3) is 0 Å². The highest BCUT2D eigenvalue weighted by atomic mass is 32.1. The number of rotatable bonds is 3. The second kappa shape index (κ2) is 5.61. The maximum absolute atomic E-state index is 5.33. The van der Waals surface area contributed by atoms with Gasteiger partial charge in [-0.15, -0.1) is 0 Å². The van der Waals surface area contributed by atoms with Crippen molar-refractivity contribution in [3.05, 3.63) is 35.7 Å². The topological polar surface area (TPSA) is 60.3 Å². The number of hydrogen-bond donors (Lipinski definition) is 2. The van der Waals surface area contributed by atoms with Gasteiger partial charge >= 0.3 is 0 Å². The average Bonchev–Trinajstić information content (AvgIpc) is 3.02. The zero-order chi connectivity index (χ0) is 14.8. The van der Waals surface area contributed by atoms with E-state index in [1.54, 1.807) is 4.68 Å².